The van der Waals surface area contributed by atoms with E-state index in [1.165, 1.54) is 0 Å². The molecule has 25 heavy (non-hydrogen) atoms. The van der Waals surface area contributed by atoms with Gasteiger partial charge in [0.1, 0.15) is 12.4 Å². The molecule has 0 fully saturated rings. The van der Waals surface area contributed by atoms with Crippen molar-refractivity contribution < 1.29 is 9.90 Å². The van der Waals surface area contributed by atoms with Crippen molar-refractivity contribution in [1.29, 1.82) is 0 Å². The summed E-state index contributed by atoms with van der Waals surface area (Å²) in [6.07, 6.45) is 3.21. The molecular weight excluding hydrogens is 314 g/mol. The van der Waals surface area contributed by atoms with Crippen LogP contribution in [-0.4, -0.2) is 44.2 Å². The van der Waals surface area contributed by atoms with Crippen molar-refractivity contribution in [3.05, 3.63) is 30.1 Å². The number of carbonyl (C=O) groups is 1. The summed E-state index contributed by atoms with van der Waals surface area (Å²) >= 11 is 0. The maximum atomic E-state index is 13.1. The average Bonchev–Trinajstić information content (AvgIpc) is 2.97. The Kier molecular flexibility index (Phi) is 7.00. The van der Waals surface area contributed by atoms with E-state index in [4.69, 9.17) is 5.11 Å². The molecule has 0 aliphatic heterocycles. The number of hydrogen-bond acceptors (Lipinski definition) is 3. The van der Waals surface area contributed by atoms with Gasteiger partial charge in [-0.1, -0.05) is 26.0 Å². The monoisotopic (exact) mass is 345 g/mol. The summed E-state index contributed by atoms with van der Waals surface area (Å²) in [5, 5.41) is 9.16. The number of rotatable bonds is 9. The number of hydrogen-bond donors (Lipinski definition) is 1. The normalized spacial score (nSPS) is 13.8. The number of fused-ring (bicyclic) bond motifs is 1. The molecule has 5 heteroatoms. The van der Waals surface area contributed by atoms with E-state index in [0.717, 1.165) is 29.7 Å². The van der Waals surface area contributed by atoms with Crippen LogP contribution in [0, 0.1) is 0 Å². The van der Waals surface area contributed by atoms with E-state index in [1.807, 2.05) is 33.7 Å². The summed E-state index contributed by atoms with van der Waals surface area (Å²) < 4.78 is 2.02. The fourth-order valence-electron chi connectivity index (χ4n) is 3.27. The molecule has 0 saturated heterocycles. The maximum absolute atomic E-state index is 13.1. The Morgan fingerprint density at radius 3 is 2.44 bits per heavy atom. The number of amides is 1. The van der Waals surface area contributed by atoms with Crippen molar-refractivity contribution in [2.45, 2.75) is 72.0 Å². The molecule has 1 aromatic carbocycles. The zero-order valence-corrected chi connectivity index (χ0v) is 15.9. The highest BCUT2D eigenvalue weighted by Gasteiger charge is 2.25. The standard InChI is InChI=1S/C20H31N3O2/c1-5-15(3)23(16(4)6-2)20(25)14-22-18-11-8-7-10-17(18)21-19(22)12-9-13-24/h7-8,10-11,15-16,24H,5-6,9,12-14H2,1-4H3. The first-order chi connectivity index (χ1) is 12.0. The largest absolute Gasteiger partial charge is 0.396 e. The molecule has 2 unspecified atom stereocenters. The van der Waals surface area contributed by atoms with Crippen LogP contribution in [0.1, 0.15) is 52.8 Å². The molecular formula is C20H31N3O2. The van der Waals surface area contributed by atoms with Crippen LogP contribution in [0.15, 0.2) is 24.3 Å². The Labute approximate surface area is 150 Å². The predicted octanol–water partition coefficient (Wildman–Crippen LogP) is 3.39. The van der Waals surface area contributed by atoms with Crippen molar-refractivity contribution in [3.8, 4) is 0 Å². The van der Waals surface area contributed by atoms with Gasteiger partial charge in [-0.2, -0.15) is 0 Å². The second-order valence-corrected chi connectivity index (χ2v) is 6.75. The molecule has 0 saturated carbocycles. The number of carbonyl (C=O) groups excluding carboxylic acids is 1. The van der Waals surface area contributed by atoms with E-state index >= 15 is 0 Å². The number of aryl methyl sites for hydroxylation is 1. The number of benzene rings is 1. The maximum Gasteiger partial charge on any atom is 0.243 e. The van der Waals surface area contributed by atoms with Crippen LogP contribution in [0.4, 0.5) is 0 Å². The van der Waals surface area contributed by atoms with Crippen LogP contribution in [-0.2, 0) is 17.8 Å². The van der Waals surface area contributed by atoms with Gasteiger partial charge < -0.3 is 14.6 Å². The zero-order chi connectivity index (χ0) is 18.4. The van der Waals surface area contributed by atoms with Gasteiger partial charge in [0.25, 0.3) is 0 Å². The highest BCUT2D eigenvalue weighted by atomic mass is 16.3. The highest BCUT2D eigenvalue weighted by Crippen LogP contribution is 2.19. The Morgan fingerprint density at radius 1 is 1.20 bits per heavy atom. The molecule has 5 nitrogen and oxygen atoms in total. The first kappa shape index (κ1) is 19.4. The lowest BCUT2D eigenvalue weighted by Crippen LogP contribution is -2.45. The van der Waals surface area contributed by atoms with Crippen molar-refractivity contribution in [1.82, 2.24) is 14.5 Å². The van der Waals surface area contributed by atoms with Crippen molar-refractivity contribution in [3.63, 3.8) is 0 Å². The van der Waals surface area contributed by atoms with Gasteiger partial charge in [-0.3, -0.25) is 4.79 Å². The third kappa shape index (κ3) is 4.40. The van der Waals surface area contributed by atoms with E-state index in [-0.39, 0.29) is 24.6 Å². The molecule has 2 aromatic rings. The summed E-state index contributed by atoms with van der Waals surface area (Å²) in [6, 6.07) is 8.36. The van der Waals surface area contributed by atoms with Crippen LogP contribution in [0.3, 0.4) is 0 Å². The highest BCUT2D eigenvalue weighted by molar-refractivity contribution is 5.81. The summed E-state index contributed by atoms with van der Waals surface area (Å²) in [4.78, 5) is 19.8. The lowest BCUT2D eigenvalue weighted by atomic mass is 10.1. The molecule has 0 radical (unpaired) electrons. The number of nitrogens with zero attached hydrogens (tertiary/aromatic N) is 3. The van der Waals surface area contributed by atoms with Gasteiger partial charge in [0.05, 0.1) is 11.0 Å². The van der Waals surface area contributed by atoms with Crippen LogP contribution in [0.2, 0.25) is 0 Å². The van der Waals surface area contributed by atoms with Gasteiger partial charge in [-0.25, -0.2) is 4.98 Å². The molecule has 1 amide bonds. The Morgan fingerprint density at radius 2 is 1.84 bits per heavy atom. The lowest BCUT2D eigenvalue weighted by molar-refractivity contribution is -0.136. The van der Waals surface area contributed by atoms with E-state index in [1.54, 1.807) is 0 Å². The minimum absolute atomic E-state index is 0.128. The smallest absolute Gasteiger partial charge is 0.243 e. The second kappa shape index (κ2) is 8.99. The average molecular weight is 345 g/mol. The van der Waals surface area contributed by atoms with Crippen LogP contribution >= 0.6 is 0 Å². The molecule has 1 N–H and O–H groups in total. The molecule has 138 valence electrons. The van der Waals surface area contributed by atoms with E-state index in [0.29, 0.717) is 19.4 Å². The Hall–Kier alpha value is -1.88. The van der Waals surface area contributed by atoms with Gasteiger partial charge >= 0.3 is 0 Å². The number of imidazole rings is 1. The molecule has 1 heterocycles. The molecule has 0 aliphatic rings. The fraction of sp³-hybridized carbons (Fsp3) is 0.600. The van der Waals surface area contributed by atoms with E-state index in [2.05, 4.69) is 32.7 Å². The third-order valence-electron chi connectivity index (χ3n) is 5.00. The number of para-hydroxylation sites is 2. The van der Waals surface area contributed by atoms with Gasteiger partial charge in [-0.05, 0) is 45.2 Å². The van der Waals surface area contributed by atoms with Gasteiger partial charge in [-0.15, -0.1) is 0 Å². The third-order valence-corrected chi connectivity index (χ3v) is 5.00. The summed E-state index contributed by atoms with van der Waals surface area (Å²) in [6.45, 7) is 8.89. The van der Waals surface area contributed by atoms with Crippen molar-refractivity contribution in [2.75, 3.05) is 6.61 Å². The minimum atomic E-state index is 0.128. The number of aliphatic hydroxyl groups excluding tert-OH is 1. The molecule has 0 bridgehead atoms. The molecule has 0 aliphatic carbocycles. The second-order valence-electron chi connectivity index (χ2n) is 6.75. The van der Waals surface area contributed by atoms with E-state index < -0.39 is 0 Å². The molecule has 2 atom stereocenters. The van der Waals surface area contributed by atoms with Gasteiger partial charge in [0.15, 0.2) is 0 Å². The molecule has 0 spiro atoms. The topological polar surface area (TPSA) is 58.4 Å². The predicted molar refractivity (Wildman–Crippen MR) is 101 cm³/mol. The number of aliphatic hydroxyl groups is 1. The SMILES string of the molecule is CCC(C)N(C(=O)Cn1c(CCCO)nc2ccccc21)C(C)CC. The van der Waals surface area contributed by atoms with Crippen LogP contribution in [0.25, 0.3) is 11.0 Å². The minimum Gasteiger partial charge on any atom is -0.396 e. The molecule has 2 rings (SSSR count). The quantitative estimate of drug-likeness (QED) is 0.758. The van der Waals surface area contributed by atoms with Crippen molar-refractivity contribution >= 4 is 16.9 Å². The zero-order valence-electron chi connectivity index (χ0n) is 15.9. The molecule has 1 aromatic heterocycles. The van der Waals surface area contributed by atoms with Crippen LogP contribution in [0.5, 0.6) is 0 Å². The summed E-state index contributed by atoms with van der Waals surface area (Å²) in [5.41, 5.74) is 1.89. The fourth-order valence-corrected chi connectivity index (χ4v) is 3.27. The summed E-state index contributed by atoms with van der Waals surface area (Å²) in [5.74, 6) is 1.01. The van der Waals surface area contributed by atoms with Gasteiger partial charge in [0.2, 0.25) is 5.91 Å². The van der Waals surface area contributed by atoms with Crippen molar-refractivity contribution in [2.24, 2.45) is 0 Å². The lowest BCUT2D eigenvalue weighted by Gasteiger charge is -2.34. The number of aromatic nitrogens is 2. The van der Waals surface area contributed by atoms with Crippen LogP contribution < -0.4 is 0 Å². The van der Waals surface area contributed by atoms with Gasteiger partial charge in [0, 0.05) is 25.1 Å². The first-order valence-electron chi connectivity index (χ1n) is 9.39. The summed E-state index contributed by atoms with van der Waals surface area (Å²) in [7, 11) is 0. The first-order valence-corrected chi connectivity index (χ1v) is 9.39. The Balaban J connectivity index is 2.34. The Bertz CT molecular complexity index is 685. The van der Waals surface area contributed by atoms with E-state index in [9.17, 15) is 4.79 Å².